The Morgan fingerprint density at radius 2 is 1.86 bits per heavy atom. The highest BCUT2D eigenvalue weighted by Crippen LogP contribution is 2.30. The monoisotopic (exact) mass is 488 g/mol. The molecule has 1 N–H and O–H groups in total. The molecule has 4 rings (SSSR count). The van der Waals surface area contributed by atoms with E-state index in [1.807, 2.05) is 38.1 Å². The van der Waals surface area contributed by atoms with Gasteiger partial charge < -0.3 is 15.0 Å². The van der Waals surface area contributed by atoms with Crippen molar-refractivity contribution in [3.05, 3.63) is 105 Å². The minimum absolute atomic E-state index is 0.113. The summed E-state index contributed by atoms with van der Waals surface area (Å²) >= 11 is 6.10. The minimum atomic E-state index is -0.405. The lowest BCUT2D eigenvalue weighted by Crippen LogP contribution is -2.26. The van der Waals surface area contributed by atoms with Gasteiger partial charge in [0.2, 0.25) is 0 Å². The Morgan fingerprint density at radius 3 is 2.60 bits per heavy atom. The SMILES string of the molecule is CCN(C)C(=O)c1cccc(Nc2c(Oc3cccc(Cl)c3)cnn(-c3cccc(C)c3)c2=O)c1. The van der Waals surface area contributed by atoms with Gasteiger partial charge in [-0.1, -0.05) is 35.9 Å². The van der Waals surface area contributed by atoms with Gasteiger partial charge in [0.15, 0.2) is 11.4 Å². The van der Waals surface area contributed by atoms with Crippen molar-refractivity contribution in [2.24, 2.45) is 0 Å². The van der Waals surface area contributed by atoms with E-state index in [2.05, 4.69) is 10.4 Å². The molecule has 1 aromatic heterocycles. The molecule has 0 fully saturated rings. The molecule has 0 aliphatic rings. The van der Waals surface area contributed by atoms with Crippen LogP contribution in [0.5, 0.6) is 11.5 Å². The molecule has 4 aromatic rings. The summed E-state index contributed by atoms with van der Waals surface area (Å²) in [5.74, 6) is 0.575. The van der Waals surface area contributed by atoms with E-state index in [1.54, 1.807) is 60.5 Å². The maximum absolute atomic E-state index is 13.6. The van der Waals surface area contributed by atoms with Crippen LogP contribution < -0.4 is 15.6 Å². The van der Waals surface area contributed by atoms with Crippen molar-refractivity contribution in [3.63, 3.8) is 0 Å². The quantitative estimate of drug-likeness (QED) is 0.354. The fraction of sp³-hybridized carbons (Fsp3) is 0.148. The van der Waals surface area contributed by atoms with E-state index in [4.69, 9.17) is 16.3 Å². The van der Waals surface area contributed by atoms with Crippen LogP contribution in [-0.2, 0) is 0 Å². The highest BCUT2D eigenvalue weighted by molar-refractivity contribution is 6.30. The van der Waals surface area contributed by atoms with E-state index < -0.39 is 5.56 Å². The summed E-state index contributed by atoms with van der Waals surface area (Å²) in [5, 5.41) is 7.99. The predicted octanol–water partition coefficient (Wildman–Crippen LogP) is 5.82. The van der Waals surface area contributed by atoms with Crippen molar-refractivity contribution in [1.82, 2.24) is 14.7 Å². The second kappa shape index (κ2) is 10.4. The highest BCUT2D eigenvalue weighted by Gasteiger charge is 2.17. The highest BCUT2D eigenvalue weighted by atomic mass is 35.5. The zero-order chi connectivity index (χ0) is 24.9. The van der Waals surface area contributed by atoms with Crippen LogP contribution in [0.1, 0.15) is 22.8 Å². The fourth-order valence-corrected chi connectivity index (χ4v) is 3.65. The van der Waals surface area contributed by atoms with Gasteiger partial charge in [0, 0.05) is 29.9 Å². The van der Waals surface area contributed by atoms with Gasteiger partial charge in [-0.2, -0.15) is 9.78 Å². The Balaban J connectivity index is 1.79. The number of carbonyl (C=O) groups excluding carboxylic acids is 1. The van der Waals surface area contributed by atoms with E-state index in [0.717, 1.165) is 5.56 Å². The van der Waals surface area contributed by atoms with Gasteiger partial charge in [-0.15, -0.1) is 0 Å². The second-order valence-corrected chi connectivity index (χ2v) is 8.46. The second-order valence-electron chi connectivity index (χ2n) is 8.02. The maximum atomic E-state index is 13.6. The van der Waals surface area contributed by atoms with Crippen molar-refractivity contribution in [2.75, 3.05) is 18.9 Å². The third-order valence-electron chi connectivity index (χ3n) is 5.41. The molecule has 7 nitrogen and oxygen atoms in total. The van der Waals surface area contributed by atoms with Gasteiger partial charge in [-0.05, 0) is 67.9 Å². The summed E-state index contributed by atoms with van der Waals surface area (Å²) in [5.41, 5.74) is 2.46. The first kappa shape index (κ1) is 24.0. The standard InChI is InChI=1S/C27H25ClN4O3/c1-4-31(3)26(33)19-9-6-11-21(15-19)30-25-24(35-23-13-7-10-20(28)16-23)17-29-32(27(25)34)22-12-5-8-18(2)14-22/h5-17,30H,4H2,1-3H3. The Morgan fingerprint density at radius 1 is 1.09 bits per heavy atom. The average Bonchev–Trinajstić information content (AvgIpc) is 2.85. The molecule has 35 heavy (non-hydrogen) atoms. The Bertz CT molecular complexity index is 1430. The van der Waals surface area contributed by atoms with Crippen LogP contribution in [0, 0.1) is 6.92 Å². The van der Waals surface area contributed by atoms with Gasteiger partial charge in [0.25, 0.3) is 11.5 Å². The van der Waals surface area contributed by atoms with Crippen LogP contribution in [0.3, 0.4) is 0 Å². The number of nitrogens with one attached hydrogen (secondary N) is 1. The maximum Gasteiger partial charge on any atom is 0.299 e. The molecular weight excluding hydrogens is 464 g/mol. The van der Waals surface area contributed by atoms with Gasteiger partial charge >= 0.3 is 0 Å². The van der Waals surface area contributed by atoms with E-state index in [-0.39, 0.29) is 17.3 Å². The third kappa shape index (κ3) is 5.53. The summed E-state index contributed by atoms with van der Waals surface area (Å²) < 4.78 is 7.30. The molecule has 0 atom stereocenters. The van der Waals surface area contributed by atoms with Crippen molar-refractivity contribution >= 4 is 28.9 Å². The topological polar surface area (TPSA) is 76.5 Å². The predicted molar refractivity (Wildman–Crippen MR) is 138 cm³/mol. The lowest BCUT2D eigenvalue weighted by Gasteiger charge is -2.17. The molecule has 3 aromatic carbocycles. The number of anilines is 2. The van der Waals surface area contributed by atoms with Gasteiger partial charge in [0.05, 0.1) is 11.9 Å². The average molecular weight is 489 g/mol. The Labute approximate surface area is 208 Å². The number of hydrogen-bond acceptors (Lipinski definition) is 5. The first-order valence-electron chi connectivity index (χ1n) is 11.1. The summed E-state index contributed by atoms with van der Waals surface area (Å²) in [7, 11) is 1.74. The molecule has 8 heteroatoms. The molecule has 178 valence electrons. The van der Waals surface area contributed by atoms with E-state index in [1.165, 1.54) is 10.9 Å². The molecule has 0 saturated heterocycles. The van der Waals surface area contributed by atoms with Gasteiger partial charge in [0.1, 0.15) is 5.75 Å². The van der Waals surface area contributed by atoms with Crippen molar-refractivity contribution in [1.29, 1.82) is 0 Å². The van der Waals surface area contributed by atoms with Crippen molar-refractivity contribution in [3.8, 4) is 17.2 Å². The summed E-state index contributed by atoms with van der Waals surface area (Å²) in [6.07, 6.45) is 1.48. The molecular formula is C27H25ClN4O3. The number of carbonyl (C=O) groups is 1. The Kier molecular flexibility index (Phi) is 7.17. The fourth-order valence-electron chi connectivity index (χ4n) is 3.47. The number of hydrogen-bond donors (Lipinski definition) is 1. The van der Waals surface area contributed by atoms with Crippen LogP contribution in [0.25, 0.3) is 5.69 Å². The minimum Gasteiger partial charge on any atom is -0.453 e. The summed E-state index contributed by atoms with van der Waals surface area (Å²) in [6, 6.07) is 21.3. The first-order valence-corrected chi connectivity index (χ1v) is 11.5. The molecule has 1 amide bonds. The van der Waals surface area contributed by atoms with Gasteiger partial charge in [-0.25, -0.2) is 0 Å². The Hall–Kier alpha value is -4.10. The molecule has 0 bridgehead atoms. The van der Waals surface area contributed by atoms with Crippen molar-refractivity contribution < 1.29 is 9.53 Å². The molecule has 1 heterocycles. The van der Waals surface area contributed by atoms with Gasteiger partial charge in [-0.3, -0.25) is 9.59 Å². The molecule has 0 unspecified atom stereocenters. The van der Waals surface area contributed by atoms with E-state index in [9.17, 15) is 9.59 Å². The number of benzene rings is 3. The van der Waals surface area contributed by atoms with Crippen LogP contribution in [0.2, 0.25) is 5.02 Å². The van der Waals surface area contributed by atoms with Crippen LogP contribution in [0.15, 0.2) is 83.8 Å². The van der Waals surface area contributed by atoms with Crippen LogP contribution in [0.4, 0.5) is 11.4 Å². The number of aryl methyl sites for hydroxylation is 1. The zero-order valence-corrected chi connectivity index (χ0v) is 20.4. The number of halogens is 1. The smallest absolute Gasteiger partial charge is 0.299 e. The number of rotatable bonds is 7. The summed E-state index contributed by atoms with van der Waals surface area (Å²) in [6.45, 7) is 4.43. The summed E-state index contributed by atoms with van der Waals surface area (Å²) in [4.78, 5) is 27.9. The van der Waals surface area contributed by atoms with E-state index >= 15 is 0 Å². The largest absolute Gasteiger partial charge is 0.453 e. The first-order chi connectivity index (χ1) is 16.9. The lowest BCUT2D eigenvalue weighted by molar-refractivity contribution is 0.0802. The number of aromatic nitrogens is 2. The van der Waals surface area contributed by atoms with E-state index in [0.29, 0.717) is 34.3 Å². The molecule has 0 saturated carbocycles. The molecule has 0 spiro atoms. The molecule has 0 radical (unpaired) electrons. The number of amides is 1. The lowest BCUT2D eigenvalue weighted by atomic mass is 10.1. The normalized spacial score (nSPS) is 10.6. The third-order valence-corrected chi connectivity index (χ3v) is 5.65. The molecule has 0 aliphatic heterocycles. The van der Waals surface area contributed by atoms with Crippen LogP contribution in [-0.4, -0.2) is 34.2 Å². The van der Waals surface area contributed by atoms with Crippen LogP contribution >= 0.6 is 11.6 Å². The number of ether oxygens (including phenoxy) is 1. The number of nitrogens with zero attached hydrogens (tertiary/aromatic N) is 3. The zero-order valence-electron chi connectivity index (χ0n) is 19.7. The molecule has 0 aliphatic carbocycles. The van der Waals surface area contributed by atoms with Crippen molar-refractivity contribution in [2.45, 2.75) is 13.8 Å².